The number of nitrogens with zero attached hydrogens (tertiary/aromatic N) is 1. The minimum Gasteiger partial charge on any atom is -0.444 e. The molecule has 3 nitrogen and oxygen atoms in total. The van der Waals surface area contributed by atoms with Crippen LogP contribution in [0.1, 0.15) is 44.0 Å². The first-order valence-corrected chi connectivity index (χ1v) is 8.05. The highest BCUT2D eigenvalue weighted by Gasteiger charge is 2.44. The highest BCUT2D eigenvalue weighted by Crippen LogP contribution is 2.50. The van der Waals surface area contributed by atoms with Crippen LogP contribution in [0.2, 0.25) is 0 Å². The average molecular weight is 401 g/mol. The van der Waals surface area contributed by atoms with Crippen LogP contribution in [0.25, 0.3) is 0 Å². The molecule has 0 fully saturated rings. The van der Waals surface area contributed by atoms with Gasteiger partial charge in [-0.05, 0) is 75.9 Å². The number of amides is 1. The summed E-state index contributed by atoms with van der Waals surface area (Å²) >= 11 is 7.04. The van der Waals surface area contributed by atoms with Gasteiger partial charge in [-0.1, -0.05) is 12.2 Å². The Balaban J connectivity index is 1.94. The van der Waals surface area contributed by atoms with Crippen LogP contribution < -0.4 is 0 Å². The fourth-order valence-corrected chi connectivity index (χ4v) is 3.43. The molecule has 2 bridgehead atoms. The molecule has 0 aliphatic carbocycles. The third-order valence-corrected chi connectivity index (χ3v) is 5.29. The van der Waals surface area contributed by atoms with E-state index in [2.05, 4.69) is 56.1 Å². The molecule has 0 saturated heterocycles. The Morgan fingerprint density at radius 1 is 1.10 bits per heavy atom. The van der Waals surface area contributed by atoms with E-state index in [1.807, 2.05) is 20.8 Å². The third kappa shape index (κ3) is 2.21. The summed E-state index contributed by atoms with van der Waals surface area (Å²) in [6.45, 7) is 5.66. The fraction of sp³-hybridized carbons (Fsp3) is 0.400. The van der Waals surface area contributed by atoms with Crippen molar-refractivity contribution in [3.63, 3.8) is 0 Å². The Morgan fingerprint density at radius 3 is 1.95 bits per heavy atom. The van der Waals surface area contributed by atoms with E-state index < -0.39 is 5.60 Å². The van der Waals surface area contributed by atoms with Crippen molar-refractivity contribution in [2.24, 2.45) is 0 Å². The molecule has 0 N–H and O–H groups in total. The summed E-state index contributed by atoms with van der Waals surface area (Å²) in [6, 6.07) is 4.11. The Morgan fingerprint density at radius 2 is 1.55 bits per heavy atom. The summed E-state index contributed by atoms with van der Waals surface area (Å²) in [5.41, 5.74) is 1.85. The van der Waals surface area contributed by atoms with Gasteiger partial charge in [-0.15, -0.1) is 0 Å². The molecular formula is C15H15Br2NO2. The molecule has 2 atom stereocenters. The van der Waals surface area contributed by atoms with Crippen molar-refractivity contribution in [1.29, 1.82) is 0 Å². The zero-order valence-electron chi connectivity index (χ0n) is 11.5. The average Bonchev–Trinajstić information content (AvgIpc) is 2.84. The van der Waals surface area contributed by atoms with Crippen molar-refractivity contribution in [2.75, 3.05) is 0 Å². The van der Waals surface area contributed by atoms with E-state index in [1.165, 1.54) is 11.1 Å². The standard InChI is InChI=1S/C15H15Br2NO2/c1-15(2,3)20-14(19)18-12-4-5-13(18)9-7-11(17)10(16)6-8(9)12/h4-7,12-13H,1-3H3. The van der Waals surface area contributed by atoms with E-state index >= 15 is 0 Å². The second-order valence-electron chi connectivity index (χ2n) is 6.06. The molecule has 106 valence electrons. The number of hydrogen-bond acceptors (Lipinski definition) is 2. The molecule has 20 heavy (non-hydrogen) atoms. The van der Waals surface area contributed by atoms with Gasteiger partial charge in [-0.2, -0.15) is 0 Å². The lowest BCUT2D eigenvalue weighted by molar-refractivity contribution is 0.0196. The Labute approximate surface area is 135 Å². The van der Waals surface area contributed by atoms with Crippen molar-refractivity contribution in [3.05, 3.63) is 44.4 Å². The lowest BCUT2D eigenvalue weighted by Gasteiger charge is -2.27. The number of carbonyl (C=O) groups excluding carboxylic acids is 1. The van der Waals surface area contributed by atoms with Crippen molar-refractivity contribution in [2.45, 2.75) is 38.5 Å². The fourth-order valence-electron chi connectivity index (χ4n) is 2.71. The van der Waals surface area contributed by atoms with Crippen molar-refractivity contribution >= 4 is 38.0 Å². The number of carbonyl (C=O) groups is 1. The maximum atomic E-state index is 12.4. The summed E-state index contributed by atoms with van der Waals surface area (Å²) in [7, 11) is 0. The number of fused-ring (bicyclic) bond motifs is 5. The molecule has 1 aromatic carbocycles. The van der Waals surface area contributed by atoms with Crippen molar-refractivity contribution in [3.8, 4) is 0 Å². The third-order valence-electron chi connectivity index (χ3n) is 3.44. The number of halogens is 2. The zero-order chi connectivity index (χ0) is 14.7. The number of benzene rings is 1. The lowest BCUT2D eigenvalue weighted by atomic mass is 9.97. The van der Waals surface area contributed by atoms with Crippen LogP contribution in [0, 0.1) is 0 Å². The molecule has 1 amide bonds. The summed E-state index contributed by atoms with van der Waals surface area (Å²) in [5.74, 6) is 0. The summed E-state index contributed by atoms with van der Waals surface area (Å²) in [5, 5.41) is 0. The van der Waals surface area contributed by atoms with Gasteiger partial charge in [-0.25, -0.2) is 4.79 Å². The molecule has 0 aromatic heterocycles. The van der Waals surface area contributed by atoms with Crippen LogP contribution in [0.4, 0.5) is 4.79 Å². The molecule has 2 aliphatic rings. The van der Waals surface area contributed by atoms with Gasteiger partial charge >= 0.3 is 6.09 Å². The predicted octanol–water partition coefficient (Wildman–Crippen LogP) is 5.11. The van der Waals surface area contributed by atoms with Crippen molar-refractivity contribution in [1.82, 2.24) is 4.90 Å². The first-order chi connectivity index (χ1) is 9.28. The van der Waals surface area contributed by atoms with Gasteiger partial charge in [0.1, 0.15) is 5.60 Å². The minimum absolute atomic E-state index is 0.0192. The van der Waals surface area contributed by atoms with E-state index in [-0.39, 0.29) is 18.2 Å². The number of ether oxygens (including phenoxy) is 1. The second-order valence-corrected chi connectivity index (χ2v) is 7.77. The van der Waals surface area contributed by atoms with E-state index in [4.69, 9.17) is 4.74 Å². The van der Waals surface area contributed by atoms with Gasteiger partial charge in [0.15, 0.2) is 0 Å². The molecule has 0 saturated carbocycles. The van der Waals surface area contributed by atoms with Crippen molar-refractivity contribution < 1.29 is 9.53 Å². The molecule has 5 heteroatoms. The second kappa shape index (κ2) is 4.60. The topological polar surface area (TPSA) is 29.5 Å². The van der Waals surface area contributed by atoms with Gasteiger partial charge < -0.3 is 4.74 Å². The van der Waals surface area contributed by atoms with Gasteiger partial charge in [0.25, 0.3) is 0 Å². The number of rotatable bonds is 0. The highest BCUT2D eigenvalue weighted by molar-refractivity contribution is 9.13. The van der Waals surface area contributed by atoms with Crippen LogP contribution in [-0.4, -0.2) is 16.6 Å². The molecular weight excluding hydrogens is 386 g/mol. The highest BCUT2D eigenvalue weighted by atomic mass is 79.9. The summed E-state index contributed by atoms with van der Waals surface area (Å²) in [6.07, 6.45) is 3.87. The molecule has 3 rings (SSSR count). The molecule has 0 spiro atoms. The monoisotopic (exact) mass is 399 g/mol. The van der Waals surface area contributed by atoms with Gasteiger partial charge in [-0.3, -0.25) is 4.90 Å². The Kier molecular flexibility index (Phi) is 3.25. The Bertz CT molecular complexity index is 580. The quantitative estimate of drug-likeness (QED) is 0.566. The van der Waals surface area contributed by atoms with E-state index in [0.29, 0.717) is 0 Å². The maximum Gasteiger partial charge on any atom is 0.411 e. The molecule has 2 heterocycles. The van der Waals surface area contributed by atoms with Crippen LogP contribution in [-0.2, 0) is 4.74 Å². The van der Waals surface area contributed by atoms with E-state index in [9.17, 15) is 4.79 Å². The normalized spacial score (nSPS) is 23.1. The molecule has 0 radical (unpaired) electrons. The zero-order valence-corrected chi connectivity index (χ0v) is 14.7. The first-order valence-electron chi connectivity index (χ1n) is 6.46. The van der Waals surface area contributed by atoms with Crippen LogP contribution in [0.15, 0.2) is 33.2 Å². The predicted molar refractivity (Wildman–Crippen MR) is 84.5 cm³/mol. The van der Waals surface area contributed by atoms with Crippen LogP contribution >= 0.6 is 31.9 Å². The largest absolute Gasteiger partial charge is 0.444 e. The van der Waals surface area contributed by atoms with Crippen LogP contribution in [0.3, 0.4) is 0 Å². The smallest absolute Gasteiger partial charge is 0.411 e. The molecule has 2 aliphatic heterocycles. The van der Waals surface area contributed by atoms with E-state index in [1.54, 1.807) is 4.90 Å². The molecule has 2 unspecified atom stereocenters. The summed E-state index contributed by atoms with van der Waals surface area (Å²) in [4.78, 5) is 14.2. The van der Waals surface area contributed by atoms with Gasteiger partial charge in [0, 0.05) is 8.95 Å². The summed E-state index contributed by atoms with van der Waals surface area (Å²) < 4.78 is 7.52. The van der Waals surface area contributed by atoms with Gasteiger partial charge in [0.05, 0.1) is 12.1 Å². The molecule has 1 aromatic rings. The van der Waals surface area contributed by atoms with Crippen LogP contribution in [0.5, 0.6) is 0 Å². The van der Waals surface area contributed by atoms with E-state index in [0.717, 1.165) is 8.95 Å². The number of hydrogen-bond donors (Lipinski definition) is 0. The first kappa shape index (κ1) is 14.1. The SMILES string of the molecule is CC(C)(C)OC(=O)N1C2C=CC1c1cc(Br)c(Br)cc12. The lowest BCUT2D eigenvalue weighted by Crippen LogP contribution is -2.35. The van der Waals surface area contributed by atoms with Gasteiger partial charge in [0.2, 0.25) is 0 Å². The Hall–Kier alpha value is -0.810. The maximum absolute atomic E-state index is 12.4. The minimum atomic E-state index is -0.480.